The van der Waals surface area contributed by atoms with E-state index in [0.717, 1.165) is 11.1 Å². The van der Waals surface area contributed by atoms with Crippen LogP contribution in [0, 0.1) is 0 Å². The number of nitrogens with one attached hydrogen (secondary N) is 1. The van der Waals surface area contributed by atoms with Gasteiger partial charge in [0, 0.05) is 26.9 Å². The molecule has 5 rings (SSSR count). The van der Waals surface area contributed by atoms with Crippen molar-refractivity contribution < 1.29 is 13.2 Å². The Morgan fingerprint density at radius 3 is 2.08 bits per heavy atom. The van der Waals surface area contributed by atoms with Gasteiger partial charge in [-0.1, -0.05) is 47.5 Å². The average molecular weight is 541 g/mol. The predicted octanol–water partition coefficient (Wildman–Crippen LogP) is 4.10. The molecule has 0 bridgehead atoms. The summed E-state index contributed by atoms with van der Waals surface area (Å²) in [5.41, 5.74) is 14.1. The highest BCUT2D eigenvalue weighted by Crippen LogP contribution is 2.45. The normalized spacial score (nSPS) is 15.1. The number of aromatic amines is 1. The zero-order valence-electron chi connectivity index (χ0n) is 18.4. The maximum Gasteiger partial charge on any atom is 0.285 e. The zero-order valence-corrected chi connectivity index (χ0v) is 20.7. The van der Waals surface area contributed by atoms with Gasteiger partial charge in [-0.25, -0.2) is 0 Å². The molecule has 1 unspecified atom stereocenters. The molecule has 36 heavy (non-hydrogen) atoms. The van der Waals surface area contributed by atoms with E-state index in [1.54, 1.807) is 29.2 Å². The first-order valence-corrected chi connectivity index (χ1v) is 12.7. The molecule has 12 heteroatoms. The van der Waals surface area contributed by atoms with Crippen LogP contribution in [0.2, 0.25) is 10.0 Å². The lowest BCUT2D eigenvalue weighted by Crippen LogP contribution is -2.29. The number of benzene rings is 3. The lowest BCUT2D eigenvalue weighted by Gasteiger charge is -2.26. The van der Waals surface area contributed by atoms with Gasteiger partial charge in [0.25, 0.3) is 15.9 Å². The molecule has 0 spiro atoms. The molecular formula is C24H18Cl2N6O3S. The van der Waals surface area contributed by atoms with E-state index in [9.17, 15) is 13.2 Å². The summed E-state index contributed by atoms with van der Waals surface area (Å²) in [5.74, 6) is -0.894. The Bertz CT molecular complexity index is 1600. The molecule has 5 N–H and O–H groups in total. The number of rotatable bonds is 5. The Hall–Kier alpha value is -3.86. The molecule has 2 heterocycles. The van der Waals surface area contributed by atoms with Crippen molar-refractivity contribution in [3.63, 3.8) is 0 Å². The number of carbonyl (C=O) groups excluding carboxylic acids is 1. The topological polar surface area (TPSA) is 148 Å². The van der Waals surface area contributed by atoms with E-state index < -0.39 is 22.0 Å². The molecule has 0 radical (unpaired) electrons. The van der Waals surface area contributed by atoms with Crippen LogP contribution in [-0.2, 0) is 10.0 Å². The molecule has 182 valence electrons. The van der Waals surface area contributed by atoms with Crippen molar-refractivity contribution in [2.45, 2.75) is 10.9 Å². The minimum absolute atomic E-state index is 0.114. The van der Waals surface area contributed by atoms with Gasteiger partial charge in [0.1, 0.15) is 5.69 Å². The summed E-state index contributed by atoms with van der Waals surface area (Å²) in [6.45, 7) is 0. The molecule has 0 fully saturated rings. The van der Waals surface area contributed by atoms with Crippen LogP contribution in [0.25, 0.3) is 11.3 Å². The van der Waals surface area contributed by atoms with Gasteiger partial charge in [-0.15, -0.1) is 4.40 Å². The Kier molecular flexibility index (Phi) is 5.95. The summed E-state index contributed by atoms with van der Waals surface area (Å²) in [6, 6.07) is 19.5. The van der Waals surface area contributed by atoms with E-state index in [-0.39, 0.29) is 10.8 Å². The van der Waals surface area contributed by atoms with E-state index >= 15 is 0 Å². The molecule has 1 atom stereocenters. The van der Waals surface area contributed by atoms with Crippen LogP contribution in [0.15, 0.2) is 82.1 Å². The Morgan fingerprint density at radius 2 is 1.50 bits per heavy atom. The van der Waals surface area contributed by atoms with E-state index in [1.807, 2.05) is 24.3 Å². The highest BCUT2D eigenvalue weighted by Gasteiger charge is 2.43. The molecule has 1 aliphatic heterocycles. The second-order valence-corrected chi connectivity index (χ2v) is 10.5. The van der Waals surface area contributed by atoms with E-state index in [4.69, 9.17) is 34.7 Å². The number of aromatic nitrogens is 2. The molecule has 0 aliphatic carbocycles. The van der Waals surface area contributed by atoms with Crippen LogP contribution < -0.4 is 16.4 Å². The highest BCUT2D eigenvalue weighted by atomic mass is 35.5. The van der Waals surface area contributed by atoms with Gasteiger partial charge in [-0.3, -0.25) is 14.8 Å². The molecule has 3 aromatic carbocycles. The molecule has 1 aromatic heterocycles. The quantitative estimate of drug-likeness (QED) is 0.256. The number of halogens is 2. The van der Waals surface area contributed by atoms with Gasteiger partial charge in [0.15, 0.2) is 0 Å². The van der Waals surface area contributed by atoms with Crippen LogP contribution in [0.3, 0.4) is 0 Å². The average Bonchev–Trinajstić information content (AvgIpc) is 3.38. The number of amides is 1. The summed E-state index contributed by atoms with van der Waals surface area (Å²) >= 11 is 12.2. The summed E-state index contributed by atoms with van der Waals surface area (Å²) in [4.78, 5) is 15.1. The van der Waals surface area contributed by atoms with Gasteiger partial charge in [0.05, 0.1) is 16.6 Å². The lowest BCUT2D eigenvalue weighted by atomic mass is 9.96. The van der Waals surface area contributed by atoms with Gasteiger partial charge < -0.3 is 11.5 Å². The summed E-state index contributed by atoms with van der Waals surface area (Å²) in [5, 5.41) is 8.43. The summed E-state index contributed by atoms with van der Waals surface area (Å²) in [6.07, 6.45) is 0. The molecule has 0 saturated carbocycles. The number of nitrogens with two attached hydrogens (primary N) is 2. The number of nitrogens with zero attached hydrogens (tertiary/aromatic N) is 3. The monoisotopic (exact) mass is 540 g/mol. The minimum Gasteiger partial charge on any atom is -0.369 e. The number of hydrogen-bond acceptors (Lipinski definition) is 4. The molecule has 4 aromatic rings. The Labute approximate surface area is 216 Å². The standard InChI is InChI=1S/C24H18Cl2N6O3S/c25-15-5-1-13(2-6-15)20-19-21(30-29-20)23(33)32(22(19)14-3-7-16(26)8-4-14)17-9-11-18(12-10-17)36(34,35)31-24(27)28/h1-12,22H,(H,29,30)(H4,27,28,31). The van der Waals surface area contributed by atoms with E-state index in [2.05, 4.69) is 14.6 Å². The van der Waals surface area contributed by atoms with Crippen LogP contribution in [0.4, 0.5) is 5.69 Å². The van der Waals surface area contributed by atoms with Crippen molar-refractivity contribution in [1.29, 1.82) is 0 Å². The zero-order chi connectivity index (χ0) is 25.6. The Balaban J connectivity index is 1.64. The first kappa shape index (κ1) is 23.9. The third-order valence-corrected chi connectivity index (χ3v) is 7.53. The maximum atomic E-state index is 13.6. The van der Waals surface area contributed by atoms with Crippen molar-refractivity contribution >= 4 is 50.8 Å². The second kappa shape index (κ2) is 8.98. The predicted molar refractivity (Wildman–Crippen MR) is 139 cm³/mol. The van der Waals surface area contributed by atoms with E-state index in [0.29, 0.717) is 32.7 Å². The number of H-pyrrole nitrogens is 1. The fourth-order valence-electron chi connectivity index (χ4n) is 4.17. The summed E-state index contributed by atoms with van der Waals surface area (Å²) in [7, 11) is -4.08. The third kappa shape index (κ3) is 4.19. The fraction of sp³-hybridized carbons (Fsp3) is 0.0417. The van der Waals surface area contributed by atoms with Crippen molar-refractivity contribution in [2.75, 3.05) is 4.90 Å². The van der Waals surface area contributed by atoms with Crippen LogP contribution in [-0.4, -0.2) is 30.5 Å². The molecular weight excluding hydrogens is 523 g/mol. The van der Waals surface area contributed by atoms with E-state index in [1.165, 1.54) is 24.3 Å². The molecule has 0 saturated heterocycles. The number of fused-ring (bicyclic) bond motifs is 1. The maximum absolute atomic E-state index is 13.6. The molecule has 1 aliphatic rings. The van der Waals surface area contributed by atoms with Crippen LogP contribution in [0.1, 0.15) is 27.7 Å². The SMILES string of the molecule is NC(N)=NS(=O)(=O)c1ccc(N2C(=O)c3[nH]nc(-c4ccc(Cl)cc4)c3C2c2ccc(Cl)cc2)cc1. The fourth-order valence-corrected chi connectivity index (χ4v) is 5.29. The second-order valence-electron chi connectivity index (χ2n) is 7.98. The summed E-state index contributed by atoms with van der Waals surface area (Å²) < 4.78 is 28.0. The third-order valence-electron chi connectivity index (χ3n) is 5.71. The van der Waals surface area contributed by atoms with Crippen molar-refractivity contribution in [3.8, 4) is 11.3 Å². The van der Waals surface area contributed by atoms with Crippen LogP contribution >= 0.6 is 23.2 Å². The Morgan fingerprint density at radius 1 is 0.917 bits per heavy atom. The number of carbonyl (C=O) groups is 1. The minimum atomic E-state index is -4.08. The van der Waals surface area contributed by atoms with Crippen LogP contribution in [0.5, 0.6) is 0 Å². The van der Waals surface area contributed by atoms with Gasteiger partial charge >= 0.3 is 0 Å². The number of hydrogen-bond donors (Lipinski definition) is 3. The number of guanidine groups is 1. The van der Waals surface area contributed by atoms with Crippen molar-refractivity contribution in [2.24, 2.45) is 15.9 Å². The number of sulfonamides is 1. The first-order chi connectivity index (χ1) is 17.2. The number of anilines is 1. The highest BCUT2D eigenvalue weighted by molar-refractivity contribution is 7.90. The van der Waals surface area contributed by atoms with Gasteiger partial charge in [0.2, 0.25) is 5.96 Å². The van der Waals surface area contributed by atoms with Crippen molar-refractivity contribution in [1.82, 2.24) is 10.2 Å². The lowest BCUT2D eigenvalue weighted by molar-refractivity contribution is 0.0988. The van der Waals surface area contributed by atoms with Crippen molar-refractivity contribution in [3.05, 3.63) is 99.7 Å². The largest absolute Gasteiger partial charge is 0.369 e. The van der Waals surface area contributed by atoms with Gasteiger partial charge in [-0.05, 0) is 54.1 Å². The van der Waals surface area contributed by atoms with Gasteiger partial charge in [-0.2, -0.15) is 13.5 Å². The molecule has 9 nitrogen and oxygen atoms in total. The smallest absolute Gasteiger partial charge is 0.285 e. The molecule has 1 amide bonds. The first-order valence-electron chi connectivity index (χ1n) is 10.5.